The summed E-state index contributed by atoms with van der Waals surface area (Å²) in [4.78, 5) is 22.6. The van der Waals surface area contributed by atoms with Crippen molar-refractivity contribution in [2.45, 2.75) is 20.3 Å². The highest BCUT2D eigenvalue weighted by Gasteiger charge is 2.21. The lowest BCUT2D eigenvalue weighted by molar-refractivity contribution is -0.114. The molecule has 0 bridgehead atoms. The van der Waals surface area contributed by atoms with Gasteiger partial charge in [-0.1, -0.05) is 13.0 Å². The van der Waals surface area contributed by atoms with Crippen LogP contribution in [0.5, 0.6) is 0 Å². The summed E-state index contributed by atoms with van der Waals surface area (Å²) >= 11 is 0. The van der Waals surface area contributed by atoms with E-state index in [1.165, 1.54) is 6.92 Å². The number of carbonyl (C=O) groups is 2. The summed E-state index contributed by atoms with van der Waals surface area (Å²) < 4.78 is 1.65. The third kappa shape index (κ3) is 2.07. The topological polar surface area (TPSA) is 71.3 Å². The normalized spacial score (nSPS) is 10.7. The van der Waals surface area contributed by atoms with Crippen LogP contribution in [-0.4, -0.2) is 21.6 Å². The highest BCUT2D eigenvalue weighted by molar-refractivity contribution is 6.07. The monoisotopic (exact) mass is 260 g/mol. The van der Waals surface area contributed by atoms with Gasteiger partial charge in [-0.15, -0.1) is 0 Å². The zero-order valence-electron chi connectivity index (χ0n) is 11.2. The van der Waals surface area contributed by atoms with Gasteiger partial charge in [-0.3, -0.25) is 4.79 Å². The largest absolute Gasteiger partial charge is 0.477 e. The van der Waals surface area contributed by atoms with Gasteiger partial charge >= 0.3 is 5.97 Å². The molecule has 5 heteroatoms. The molecule has 2 aromatic rings. The molecule has 100 valence electrons. The van der Waals surface area contributed by atoms with Gasteiger partial charge in [-0.25, -0.2) is 4.79 Å². The molecule has 0 fully saturated rings. The molecular formula is C14H16N2O3. The van der Waals surface area contributed by atoms with Crippen LogP contribution in [0.3, 0.4) is 0 Å². The minimum Gasteiger partial charge on any atom is -0.477 e. The van der Waals surface area contributed by atoms with E-state index in [-0.39, 0.29) is 11.6 Å². The van der Waals surface area contributed by atoms with Crippen LogP contribution >= 0.6 is 0 Å². The van der Waals surface area contributed by atoms with Crippen LogP contribution in [0.2, 0.25) is 0 Å². The van der Waals surface area contributed by atoms with E-state index in [1.807, 2.05) is 13.0 Å². The number of carboxylic acid groups (broad SMARTS) is 1. The molecular weight excluding hydrogens is 244 g/mol. The SMILES string of the molecule is CCc1c(C(=O)O)n(C)c2cccc(NC(C)=O)c12. The van der Waals surface area contributed by atoms with Crippen molar-refractivity contribution in [3.8, 4) is 0 Å². The summed E-state index contributed by atoms with van der Waals surface area (Å²) in [6, 6.07) is 5.44. The highest BCUT2D eigenvalue weighted by atomic mass is 16.4. The zero-order valence-corrected chi connectivity index (χ0v) is 11.2. The number of carboxylic acids is 1. The Morgan fingerprint density at radius 2 is 2.05 bits per heavy atom. The van der Waals surface area contributed by atoms with Crippen LogP contribution in [0.25, 0.3) is 10.9 Å². The number of rotatable bonds is 3. The van der Waals surface area contributed by atoms with Crippen molar-refractivity contribution < 1.29 is 14.7 Å². The minimum absolute atomic E-state index is 0.171. The fourth-order valence-electron chi connectivity index (χ4n) is 2.49. The molecule has 0 radical (unpaired) electrons. The average molecular weight is 260 g/mol. The third-order valence-electron chi connectivity index (χ3n) is 3.19. The summed E-state index contributed by atoms with van der Waals surface area (Å²) in [6.07, 6.45) is 0.593. The molecule has 0 atom stereocenters. The number of hydrogen-bond acceptors (Lipinski definition) is 2. The van der Waals surface area contributed by atoms with Gasteiger partial charge < -0.3 is 15.0 Å². The van der Waals surface area contributed by atoms with Crippen LogP contribution < -0.4 is 5.32 Å². The number of aromatic nitrogens is 1. The predicted octanol–water partition coefficient (Wildman–Crippen LogP) is 2.40. The Labute approximate surface area is 110 Å². The van der Waals surface area contributed by atoms with Gasteiger partial charge in [0.05, 0.1) is 11.2 Å². The van der Waals surface area contributed by atoms with Crippen molar-refractivity contribution in [1.82, 2.24) is 4.57 Å². The Kier molecular flexibility index (Phi) is 3.29. The lowest BCUT2D eigenvalue weighted by Gasteiger charge is -2.05. The highest BCUT2D eigenvalue weighted by Crippen LogP contribution is 2.32. The number of carbonyl (C=O) groups excluding carboxylic acids is 1. The molecule has 0 spiro atoms. The smallest absolute Gasteiger partial charge is 0.352 e. The first-order valence-corrected chi connectivity index (χ1v) is 6.08. The molecule has 1 heterocycles. The second kappa shape index (κ2) is 4.76. The van der Waals surface area contributed by atoms with E-state index in [0.29, 0.717) is 12.1 Å². The molecule has 1 amide bonds. The molecule has 2 rings (SSSR count). The number of aromatic carboxylic acids is 1. The average Bonchev–Trinajstić information content (AvgIpc) is 2.63. The number of hydrogen-bond donors (Lipinski definition) is 2. The number of anilines is 1. The molecule has 0 aliphatic heterocycles. The standard InChI is InChI=1S/C14H16N2O3/c1-4-9-12-10(15-8(2)17)6-5-7-11(12)16(3)13(9)14(18)19/h5-7H,4H2,1-3H3,(H,15,17)(H,18,19). The molecule has 0 aliphatic carbocycles. The van der Waals surface area contributed by atoms with Crippen molar-refractivity contribution in [2.75, 3.05) is 5.32 Å². The van der Waals surface area contributed by atoms with Crippen molar-refractivity contribution in [2.24, 2.45) is 7.05 Å². The Hall–Kier alpha value is -2.30. The van der Waals surface area contributed by atoms with E-state index in [1.54, 1.807) is 23.7 Å². The van der Waals surface area contributed by atoms with Gasteiger partial charge in [0, 0.05) is 19.4 Å². The number of fused-ring (bicyclic) bond motifs is 1. The second-order valence-electron chi connectivity index (χ2n) is 4.43. The Bertz CT molecular complexity index is 671. The summed E-state index contributed by atoms with van der Waals surface area (Å²) in [7, 11) is 1.72. The fourth-order valence-corrected chi connectivity index (χ4v) is 2.49. The molecule has 2 N–H and O–H groups in total. The van der Waals surface area contributed by atoms with E-state index < -0.39 is 5.97 Å². The summed E-state index contributed by atoms with van der Waals surface area (Å²) in [5.74, 6) is -1.13. The molecule has 0 unspecified atom stereocenters. The van der Waals surface area contributed by atoms with Crippen LogP contribution in [-0.2, 0) is 18.3 Å². The van der Waals surface area contributed by atoms with E-state index >= 15 is 0 Å². The van der Waals surface area contributed by atoms with E-state index in [2.05, 4.69) is 5.32 Å². The molecule has 0 saturated heterocycles. The summed E-state index contributed by atoms with van der Waals surface area (Å²) in [5.41, 5.74) is 2.48. The van der Waals surface area contributed by atoms with Gasteiger partial charge in [0.2, 0.25) is 5.91 Å². The number of amides is 1. The molecule has 1 aromatic carbocycles. The summed E-state index contributed by atoms with van der Waals surface area (Å²) in [5, 5.41) is 12.9. The van der Waals surface area contributed by atoms with Crippen LogP contribution in [0, 0.1) is 0 Å². The molecule has 1 aromatic heterocycles. The maximum atomic E-state index is 11.4. The summed E-state index contributed by atoms with van der Waals surface area (Å²) in [6.45, 7) is 3.34. The number of nitrogens with one attached hydrogen (secondary N) is 1. The zero-order chi connectivity index (χ0) is 14.2. The third-order valence-corrected chi connectivity index (χ3v) is 3.19. The number of aryl methyl sites for hydroxylation is 2. The van der Waals surface area contributed by atoms with Crippen molar-refractivity contribution >= 4 is 28.5 Å². The quantitative estimate of drug-likeness (QED) is 0.890. The lowest BCUT2D eigenvalue weighted by atomic mass is 10.1. The second-order valence-corrected chi connectivity index (χ2v) is 4.43. The Morgan fingerprint density at radius 1 is 1.37 bits per heavy atom. The number of nitrogens with zero attached hydrogens (tertiary/aromatic N) is 1. The van der Waals surface area contributed by atoms with Crippen LogP contribution in [0.1, 0.15) is 29.9 Å². The van der Waals surface area contributed by atoms with Crippen LogP contribution in [0.4, 0.5) is 5.69 Å². The number of benzene rings is 1. The molecule has 0 saturated carbocycles. The van der Waals surface area contributed by atoms with Crippen molar-refractivity contribution in [3.63, 3.8) is 0 Å². The lowest BCUT2D eigenvalue weighted by Crippen LogP contribution is -2.07. The molecule has 0 aliphatic rings. The Morgan fingerprint density at radius 3 is 2.58 bits per heavy atom. The molecule has 19 heavy (non-hydrogen) atoms. The minimum atomic E-state index is -0.954. The first-order valence-electron chi connectivity index (χ1n) is 6.08. The Balaban J connectivity index is 2.84. The first kappa shape index (κ1) is 13.1. The van der Waals surface area contributed by atoms with Crippen molar-refractivity contribution in [3.05, 3.63) is 29.5 Å². The van der Waals surface area contributed by atoms with E-state index in [4.69, 9.17) is 0 Å². The first-order chi connectivity index (χ1) is 8.97. The van der Waals surface area contributed by atoms with Gasteiger partial charge in [-0.05, 0) is 24.1 Å². The van der Waals surface area contributed by atoms with Gasteiger partial charge in [-0.2, -0.15) is 0 Å². The van der Waals surface area contributed by atoms with Gasteiger partial charge in [0.25, 0.3) is 0 Å². The molecule has 5 nitrogen and oxygen atoms in total. The fraction of sp³-hybridized carbons (Fsp3) is 0.286. The van der Waals surface area contributed by atoms with E-state index in [9.17, 15) is 14.7 Å². The van der Waals surface area contributed by atoms with E-state index in [0.717, 1.165) is 16.5 Å². The van der Waals surface area contributed by atoms with Gasteiger partial charge in [0.15, 0.2) is 0 Å². The van der Waals surface area contributed by atoms with Crippen LogP contribution in [0.15, 0.2) is 18.2 Å². The predicted molar refractivity (Wildman–Crippen MR) is 73.6 cm³/mol. The maximum absolute atomic E-state index is 11.4. The maximum Gasteiger partial charge on any atom is 0.352 e. The van der Waals surface area contributed by atoms with Gasteiger partial charge in [0.1, 0.15) is 5.69 Å². The van der Waals surface area contributed by atoms with Crippen molar-refractivity contribution in [1.29, 1.82) is 0 Å².